The molecule has 0 fully saturated rings. The molecule has 1 aliphatic rings. The maximum Gasteiger partial charge on any atom is 0.161 e. The van der Waals surface area contributed by atoms with Crippen LogP contribution >= 0.6 is 0 Å². The number of nitrogens with zero attached hydrogens (tertiary/aromatic N) is 1. The number of hydrogen-bond acceptors (Lipinski definition) is 3. The molecule has 0 amide bonds. The topological polar surface area (TPSA) is 30.8 Å². The molecule has 0 bridgehead atoms. The van der Waals surface area contributed by atoms with Gasteiger partial charge in [0.2, 0.25) is 0 Å². The zero-order valence-corrected chi connectivity index (χ0v) is 11.6. The molecule has 1 aromatic carbocycles. The molecule has 98 valence electrons. The zero-order valence-electron chi connectivity index (χ0n) is 11.6. The third-order valence-electron chi connectivity index (χ3n) is 3.27. The number of methoxy groups -OCH3 is 2. The first kappa shape index (κ1) is 12.9. The van der Waals surface area contributed by atoms with Gasteiger partial charge >= 0.3 is 0 Å². The van der Waals surface area contributed by atoms with Crippen LogP contribution in [0.3, 0.4) is 0 Å². The molecule has 1 aliphatic heterocycles. The Morgan fingerprint density at radius 3 is 2.50 bits per heavy atom. The summed E-state index contributed by atoms with van der Waals surface area (Å²) in [6, 6.07) is 4.48. The van der Waals surface area contributed by atoms with Crippen molar-refractivity contribution < 1.29 is 9.47 Å². The number of hydrogen-bond donors (Lipinski definition) is 0. The fourth-order valence-electron chi connectivity index (χ4n) is 2.41. The van der Waals surface area contributed by atoms with Crippen molar-refractivity contribution in [3.63, 3.8) is 0 Å². The van der Waals surface area contributed by atoms with Crippen LogP contribution in [0.5, 0.6) is 11.5 Å². The lowest BCUT2D eigenvalue weighted by molar-refractivity contribution is 0.354. The lowest BCUT2D eigenvalue weighted by atomic mass is 9.92. The van der Waals surface area contributed by atoms with E-state index >= 15 is 0 Å². The summed E-state index contributed by atoms with van der Waals surface area (Å²) in [5, 5.41) is 0. The molecule has 1 heterocycles. The lowest BCUT2D eigenvalue weighted by Gasteiger charge is -2.21. The van der Waals surface area contributed by atoms with Crippen LogP contribution in [0.4, 0.5) is 0 Å². The molecular weight excluding hydrogens is 226 g/mol. The molecule has 0 spiro atoms. The highest BCUT2D eigenvalue weighted by Gasteiger charge is 2.18. The Morgan fingerprint density at radius 2 is 1.89 bits per heavy atom. The number of ether oxygens (including phenoxy) is 2. The van der Waals surface area contributed by atoms with Gasteiger partial charge in [0.15, 0.2) is 11.5 Å². The Balaban J connectivity index is 2.27. The summed E-state index contributed by atoms with van der Waals surface area (Å²) in [6.07, 6.45) is 4.09. The maximum absolute atomic E-state index is 5.35. The van der Waals surface area contributed by atoms with Crippen molar-refractivity contribution >= 4 is 6.21 Å². The number of aliphatic imine (C=N–C) groups is 1. The summed E-state index contributed by atoms with van der Waals surface area (Å²) in [7, 11) is 3.33. The van der Waals surface area contributed by atoms with Gasteiger partial charge in [-0.05, 0) is 42.0 Å². The molecule has 3 heteroatoms. The van der Waals surface area contributed by atoms with E-state index in [1.54, 1.807) is 14.2 Å². The third-order valence-corrected chi connectivity index (χ3v) is 3.27. The van der Waals surface area contributed by atoms with E-state index in [1.807, 2.05) is 12.3 Å². The fraction of sp³-hybridized carbons (Fsp3) is 0.533. The van der Waals surface area contributed by atoms with E-state index in [0.29, 0.717) is 12.0 Å². The third kappa shape index (κ3) is 2.66. The Kier molecular flexibility index (Phi) is 3.90. The van der Waals surface area contributed by atoms with Gasteiger partial charge < -0.3 is 9.47 Å². The van der Waals surface area contributed by atoms with Gasteiger partial charge in [0.25, 0.3) is 0 Å². The first-order chi connectivity index (χ1) is 8.63. The highest BCUT2D eigenvalue weighted by molar-refractivity contribution is 5.84. The van der Waals surface area contributed by atoms with Crippen molar-refractivity contribution in [3.8, 4) is 11.5 Å². The Bertz CT molecular complexity index is 452. The number of benzene rings is 1. The van der Waals surface area contributed by atoms with Gasteiger partial charge in [0, 0.05) is 6.21 Å². The van der Waals surface area contributed by atoms with E-state index in [9.17, 15) is 0 Å². The molecule has 0 radical (unpaired) electrons. The van der Waals surface area contributed by atoms with Gasteiger partial charge in [0.1, 0.15) is 0 Å². The summed E-state index contributed by atoms with van der Waals surface area (Å²) in [5.74, 6) is 2.24. The van der Waals surface area contributed by atoms with Gasteiger partial charge in [-0.15, -0.1) is 0 Å². The minimum atomic E-state index is 0.399. The standard InChI is InChI=1S/C15H21NO2/c1-10(2)5-13-6-11-7-14(17-3)15(18-4)8-12(11)9-16-13/h7-10,13H,5-6H2,1-4H3/t13-/m1/s1. The van der Waals surface area contributed by atoms with Gasteiger partial charge in [-0.1, -0.05) is 13.8 Å². The SMILES string of the molecule is COc1cc2c(cc1OC)C[C@@H](CC(C)C)N=C2. The Hall–Kier alpha value is -1.51. The fourth-order valence-corrected chi connectivity index (χ4v) is 2.41. The van der Waals surface area contributed by atoms with E-state index in [2.05, 4.69) is 24.9 Å². The number of rotatable bonds is 4. The first-order valence-electron chi connectivity index (χ1n) is 6.42. The van der Waals surface area contributed by atoms with Crippen molar-refractivity contribution in [2.75, 3.05) is 14.2 Å². The van der Waals surface area contributed by atoms with Crippen LogP contribution < -0.4 is 9.47 Å². The predicted molar refractivity (Wildman–Crippen MR) is 74.1 cm³/mol. The van der Waals surface area contributed by atoms with Gasteiger partial charge in [0.05, 0.1) is 20.3 Å². The molecule has 0 unspecified atom stereocenters. The van der Waals surface area contributed by atoms with Gasteiger partial charge in [-0.3, -0.25) is 4.99 Å². The molecule has 3 nitrogen and oxygen atoms in total. The summed E-state index contributed by atoms with van der Waals surface area (Å²) >= 11 is 0. The molecule has 0 N–H and O–H groups in total. The lowest BCUT2D eigenvalue weighted by Crippen LogP contribution is -2.17. The second kappa shape index (κ2) is 5.42. The van der Waals surface area contributed by atoms with Crippen LogP contribution in [0.2, 0.25) is 0 Å². The van der Waals surface area contributed by atoms with Crippen molar-refractivity contribution in [1.82, 2.24) is 0 Å². The monoisotopic (exact) mass is 247 g/mol. The molecule has 1 atom stereocenters. The average molecular weight is 247 g/mol. The number of fused-ring (bicyclic) bond motifs is 1. The molecule has 2 rings (SSSR count). The maximum atomic E-state index is 5.35. The van der Waals surface area contributed by atoms with E-state index < -0.39 is 0 Å². The minimum absolute atomic E-state index is 0.399. The second-order valence-electron chi connectivity index (χ2n) is 5.17. The van der Waals surface area contributed by atoms with Gasteiger partial charge in [-0.25, -0.2) is 0 Å². The van der Waals surface area contributed by atoms with Crippen LogP contribution in [0.1, 0.15) is 31.4 Å². The summed E-state index contributed by atoms with van der Waals surface area (Å²) in [5.41, 5.74) is 2.45. The quantitative estimate of drug-likeness (QED) is 0.818. The molecule has 0 aromatic heterocycles. The van der Waals surface area contributed by atoms with E-state index in [1.165, 1.54) is 5.56 Å². The first-order valence-corrected chi connectivity index (χ1v) is 6.42. The second-order valence-corrected chi connectivity index (χ2v) is 5.17. The van der Waals surface area contributed by atoms with Crippen molar-refractivity contribution in [2.45, 2.75) is 32.7 Å². The summed E-state index contributed by atoms with van der Waals surface area (Å²) in [4.78, 5) is 4.62. The van der Waals surface area contributed by atoms with E-state index in [-0.39, 0.29) is 0 Å². The van der Waals surface area contributed by atoms with Crippen LogP contribution in [0.25, 0.3) is 0 Å². The highest BCUT2D eigenvalue weighted by atomic mass is 16.5. The van der Waals surface area contributed by atoms with E-state index in [4.69, 9.17) is 9.47 Å². The zero-order chi connectivity index (χ0) is 13.1. The van der Waals surface area contributed by atoms with Crippen LogP contribution in [-0.4, -0.2) is 26.5 Å². The summed E-state index contributed by atoms with van der Waals surface area (Å²) < 4.78 is 10.7. The predicted octanol–water partition coefficient (Wildman–Crippen LogP) is 3.09. The summed E-state index contributed by atoms with van der Waals surface area (Å²) in [6.45, 7) is 4.47. The Morgan fingerprint density at radius 1 is 1.22 bits per heavy atom. The van der Waals surface area contributed by atoms with Gasteiger partial charge in [-0.2, -0.15) is 0 Å². The minimum Gasteiger partial charge on any atom is -0.493 e. The molecule has 0 saturated heterocycles. The van der Waals surface area contributed by atoms with Crippen LogP contribution in [0, 0.1) is 5.92 Å². The largest absolute Gasteiger partial charge is 0.493 e. The van der Waals surface area contributed by atoms with Crippen molar-refractivity contribution in [1.29, 1.82) is 0 Å². The average Bonchev–Trinajstić information content (AvgIpc) is 2.36. The van der Waals surface area contributed by atoms with Crippen LogP contribution in [0.15, 0.2) is 17.1 Å². The smallest absolute Gasteiger partial charge is 0.161 e. The molecule has 1 aromatic rings. The van der Waals surface area contributed by atoms with E-state index in [0.717, 1.165) is 29.9 Å². The molecule has 0 saturated carbocycles. The highest BCUT2D eigenvalue weighted by Crippen LogP contribution is 2.32. The van der Waals surface area contributed by atoms with Crippen LogP contribution in [-0.2, 0) is 6.42 Å². The van der Waals surface area contributed by atoms with Crippen molar-refractivity contribution in [3.05, 3.63) is 23.3 Å². The normalized spacial score (nSPS) is 17.7. The van der Waals surface area contributed by atoms with Crippen molar-refractivity contribution in [2.24, 2.45) is 10.9 Å². The molecule has 18 heavy (non-hydrogen) atoms. The Labute approximate surface area is 109 Å². The molecule has 0 aliphatic carbocycles. The molecular formula is C15H21NO2.